The van der Waals surface area contributed by atoms with E-state index >= 15 is 0 Å². The van der Waals surface area contributed by atoms with Gasteiger partial charge in [-0.3, -0.25) is 4.79 Å². The van der Waals surface area contributed by atoms with Crippen molar-refractivity contribution >= 4 is 5.78 Å². The lowest BCUT2D eigenvalue weighted by molar-refractivity contribution is 0.0828. The number of carbonyl (C=O) groups is 1. The van der Waals surface area contributed by atoms with Crippen molar-refractivity contribution in [2.24, 2.45) is 0 Å². The monoisotopic (exact) mass is 199 g/mol. The van der Waals surface area contributed by atoms with E-state index in [9.17, 15) is 4.79 Å². The molecule has 5 heteroatoms. The fourth-order valence-corrected chi connectivity index (χ4v) is 0.986. The zero-order chi connectivity index (χ0) is 10.2. The van der Waals surface area contributed by atoms with E-state index < -0.39 is 0 Å². The minimum Gasteiger partial charge on any atom is -0.394 e. The van der Waals surface area contributed by atoms with Gasteiger partial charge in [0, 0.05) is 19.1 Å². The second-order valence-electron chi connectivity index (χ2n) is 2.75. The summed E-state index contributed by atoms with van der Waals surface area (Å²) in [6.07, 6.45) is 2.39. The van der Waals surface area contributed by atoms with Crippen molar-refractivity contribution in [2.75, 3.05) is 19.8 Å². The van der Waals surface area contributed by atoms with E-state index in [0.29, 0.717) is 31.7 Å². The number of aliphatic hydroxyl groups excluding tert-OH is 1. The Balaban J connectivity index is 2.10. The normalized spacial score (nSPS) is 10.4. The molecular weight excluding hydrogens is 186 g/mol. The first-order valence-corrected chi connectivity index (χ1v) is 4.47. The number of ether oxygens (including phenoxy) is 1. The number of Topliss-reactive ketones (excluding diaryl/α,β-unsaturated/α-hetero) is 1. The smallest absolute Gasteiger partial charge is 0.184 e. The third-order valence-electron chi connectivity index (χ3n) is 1.65. The standard InChI is InChI=1S/C9H13NO4/c11-4-7-13-5-1-2-9(12)8-3-6-14-10-8/h3,6,11H,1-2,4-5,7H2. The molecule has 0 aromatic carbocycles. The lowest BCUT2D eigenvalue weighted by atomic mass is 10.2. The van der Waals surface area contributed by atoms with Crippen LogP contribution in [-0.4, -0.2) is 35.9 Å². The molecule has 5 nitrogen and oxygen atoms in total. The highest BCUT2D eigenvalue weighted by atomic mass is 16.5. The van der Waals surface area contributed by atoms with E-state index in [1.807, 2.05) is 0 Å². The maximum absolute atomic E-state index is 11.3. The van der Waals surface area contributed by atoms with Gasteiger partial charge in [-0.1, -0.05) is 5.16 Å². The molecule has 1 aromatic rings. The molecule has 0 amide bonds. The van der Waals surface area contributed by atoms with Crippen LogP contribution in [0.3, 0.4) is 0 Å². The minimum atomic E-state index is -0.0497. The Morgan fingerprint density at radius 3 is 3.07 bits per heavy atom. The van der Waals surface area contributed by atoms with Crippen molar-refractivity contribution in [3.63, 3.8) is 0 Å². The minimum absolute atomic E-state index is 0.0111. The van der Waals surface area contributed by atoms with Gasteiger partial charge in [0.2, 0.25) is 0 Å². The second kappa shape index (κ2) is 6.28. The van der Waals surface area contributed by atoms with Crippen LogP contribution < -0.4 is 0 Å². The van der Waals surface area contributed by atoms with Crippen LogP contribution >= 0.6 is 0 Å². The highest BCUT2D eigenvalue weighted by Gasteiger charge is 2.07. The molecule has 0 aliphatic rings. The van der Waals surface area contributed by atoms with Crippen LogP contribution in [0, 0.1) is 0 Å². The van der Waals surface area contributed by atoms with Crippen LogP contribution in [0.15, 0.2) is 16.9 Å². The maximum atomic E-state index is 11.3. The highest BCUT2D eigenvalue weighted by Crippen LogP contribution is 2.02. The van der Waals surface area contributed by atoms with Crippen LogP contribution in [-0.2, 0) is 4.74 Å². The van der Waals surface area contributed by atoms with E-state index in [1.165, 1.54) is 12.3 Å². The molecule has 0 unspecified atom stereocenters. The molecule has 0 atom stereocenters. The van der Waals surface area contributed by atoms with E-state index in [0.717, 1.165) is 0 Å². The molecule has 0 bridgehead atoms. The van der Waals surface area contributed by atoms with Crippen LogP contribution in [0.25, 0.3) is 0 Å². The summed E-state index contributed by atoms with van der Waals surface area (Å²) in [5, 5.41) is 11.9. The average Bonchev–Trinajstić information content (AvgIpc) is 2.70. The molecule has 1 heterocycles. The molecule has 0 fully saturated rings. The maximum Gasteiger partial charge on any atom is 0.184 e. The van der Waals surface area contributed by atoms with Gasteiger partial charge in [-0.15, -0.1) is 0 Å². The number of carbonyl (C=O) groups excluding carboxylic acids is 1. The molecule has 0 spiro atoms. The summed E-state index contributed by atoms with van der Waals surface area (Å²) >= 11 is 0. The first-order chi connectivity index (χ1) is 6.84. The fraction of sp³-hybridized carbons (Fsp3) is 0.556. The van der Waals surface area contributed by atoms with Gasteiger partial charge in [0.1, 0.15) is 12.0 Å². The van der Waals surface area contributed by atoms with Crippen molar-refractivity contribution in [1.82, 2.24) is 5.16 Å². The third kappa shape index (κ3) is 3.68. The summed E-state index contributed by atoms with van der Waals surface area (Å²) in [5.41, 5.74) is 0.354. The van der Waals surface area contributed by atoms with Crippen molar-refractivity contribution in [1.29, 1.82) is 0 Å². The van der Waals surface area contributed by atoms with E-state index in [4.69, 9.17) is 9.84 Å². The van der Waals surface area contributed by atoms with Gasteiger partial charge in [0.05, 0.1) is 13.2 Å². The molecule has 0 saturated heterocycles. The second-order valence-corrected chi connectivity index (χ2v) is 2.75. The van der Waals surface area contributed by atoms with Crippen LogP contribution in [0.5, 0.6) is 0 Å². The third-order valence-corrected chi connectivity index (χ3v) is 1.65. The zero-order valence-electron chi connectivity index (χ0n) is 7.81. The van der Waals surface area contributed by atoms with Gasteiger partial charge < -0.3 is 14.4 Å². The summed E-state index contributed by atoms with van der Waals surface area (Å²) in [6, 6.07) is 1.54. The fourth-order valence-electron chi connectivity index (χ4n) is 0.986. The van der Waals surface area contributed by atoms with Crippen molar-refractivity contribution < 1.29 is 19.2 Å². The molecule has 1 N–H and O–H groups in total. The van der Waals surface area contributed by atoms with E-state index in [-0.39, 0.29) is 12.4 Å². The lowest BCUT2D eigenvalue weighted by Crippen LogP contribution is -2.04. The molecule has 0 aliphatic heterocycles. The van der Waals surface area contributed by atoms with E-state index in [2.05, 4.69) is 9.68 Å². The van der Waals surface area contributed by atoms with Crippen LogP contribution in [0.2, 0.25) is 0 Å². The zero-order valence-corrected chi connectivity index (χ0v) is 7.81. The van der Waals surface area contributed by atoms with Crippen molar-refractivity contribution in [3.8, 4) is 0 Å². The Hall–Kier alpha value is -1.20. The van der Waals surface area contributed by atoms with Crippen LogP contribution in [0.4, 0.5) is 0 Å². The molecule has 1 aromatic heterocycles. The summed E-state index contributed by atoms with van der Waals surface area (Å²) in [6.45, 7) is 0.805. The van der Waals surface area contributed by atoms with Gasteiger partial charge in [0.15, 0.2) is 5.78 Å². The number of nitrogens with zero attached hydrogens (tertiary/aromatic N) is 1. The molecule has 0 saturated carbocycles. The van der Waals surface area contributed by atoms with Gasteiger partial charge in [0.25, 0.3) is 0 Å². The quantitative estimate of drug-likeness (QED) is 0.515. The number of hydrogen-bond acceptors (Lipinski definition) is 5. The van der Waals surface area contributed by atoms with Crippen molar-refractivity contribution in [2.45, 2.75) is 12.8 Å². The summed E-state index contributed by atoms with van der Waals surface area (Å²) in [4.78, 5) is 11.3. The van der Waals surface area contributed by atoms with Crippen molar-refractivity contribution in [3.05, 3.63) is 18.0 Å². The molecule has 1 rings (SSSR count). The summed E-state index contributed by atoms with van der Waals surface area (Å²) in [7, 11) is 0. The van der Waals surface area contributed by atoms with E-state index in [1.54, 1.807) is 0 Å². The first-order valence-electron chi connectivity index (χ1n) is 4.47. The lowest BCUT2D eigenvalue weighted by Gasteiger charge is -1.99. The predicted molar refractivity (Wildman–Crippen MR) is 48.0 cm³/mol. The molecule has 0 aliphatic carbocycles. The average molecular weight is 199 g/mol. The Labute approximate surface area is 81.7 Å². The van der Waals surface area contributed by atoms with Gasteiger partial charge in [-0.25, -0.2) is 0 Å². The number of ketones is 1. The molecule has 14 heavy (non-hydrogen) atoms. The summed E-state index contributed by atoms with van der Waals surface area (Å²) < 4.78 is 9.55. The first kappa shape index (κ1) is 10.9. The molecule has 0 radical (unpaired) electrons. The topological polar surface area (TPSA) is 72.6 Å². The van der Waals surface area contributed by atoms with Gasteiger partial charge >= 0.3 is 0 Å². The molecule has 78 valence electrons. The Morgan fingerprint density at radius 1 is 1.57 bits per heavy atom. The Morgan fingerprint density at radius 2 is 2.43 bits per heavy atom. The Kier molecular flexibility index (Phi) is 4.88. The van der Waals surface area contributed by atoms with Gasteiger partial charge in [-0.2, -0.15) is 0 Å². The number of aromatic nitrogens is 1. The Bertz CT molecular complexity index is 258. The van der Waals surface area contributed by atoms with Crippen LogP contribution in [0.1, 0.15) is 23.3 Å². The number of rotatable bonds is 7. The highest BCUT2D eigenvalue weighted by molar-refractivity contribution is 5.93. The number of hydrogen-bond donors (Lipinski definition) is 1. The summed E-state index contributed by atoms with van der Waals surface area (Å²) in [5.74, 6) is -0.0497. The largest absolute Gasteiger partial charge is 0.394 e. The SMILES string of the molecule is O=C(CCCOCCO)c1ccon1. The van der Waals surface area contributed by atoms with Gasteiger partial charge in [-0.05, 0) is 6.42 Å². The number of aliphatic hydroxyl groups is 1. The molecular formula is C9H13NO4. The predicted octanol–water partition coefficient (Wildman–Crippen LogP) is 0.646.